The SMILES string of the molecule is Cc1ncc(N2C[C@@H](C)C[C@@H](NC(=O)C(O)C3CC3)C2)c2cccnc12. The minimum absolute atomic E-state index is 0.0349. The van der Waals surface area contributed by atoms with E-state index in [1.54, 1.807) is 6.20 Å². The van der Waals surface area contributed by atoms with Crippen molar-refractivity contribution in [3.8, 4) is 0 Å². The van der Waals surface area contributed by atoms with Gasteiger partial charge in [-0.25, -0.2) is 0 Å². The summed E-state index contributed by atoms with van der Waals surface area (Å²) in [4.78, 5) is 23.6. The molecule has 1 aliphatic heterocycles. The van der Waals surface area contributed by atoms with Crippen molar-refractivity contribution < 1.29 is 9.90 Å². The Bertz CT molecular complexity index is 821. The molecule has 0 radical (unpaired) electrons. The van der Waals surface area contributed by atoms with Crippen molar-refractivity contribution in [3.63, 3.8) is 0 Å². The summed E-state index contributed by atoms with van der Waals surface area (Å²) < 4.78 is 0. The van der Waals surface area contributed by atoms with Crippen LogP contribution in [0.3, 0.4) is 0 Å². The Morgan fingerprint density at radius 2 is 2.15 bits per heavy atom. The number of nitrogens with one attached hydrogen (secondary N) is 1. The van der Waals surface area contributed by atoms with E-state index in [1.807, 2.05) is 19.2 Å². The number of rotatable bonds is 4. The second kappa shape index (κ2) is 6.83. The van der Waals surface area contributed by atoms with E-state index in [2.05, 4.69) is 33.2 Å². The minimum atomic E-state index is -0.855. The first-order valence-corrected chi connectivity index (χ1v) is 9.46. The van der Waals surface area contributed by atoms with Gasteiger partial charge in [-0.15, -0.1) is 0 Å². The number of hydrogen-bond donors (Lipinski definition) is 2. The van der Waals surface area contributed by atoms with Gasteiger partial charge in [-0.1, -0.05) is 6.92 Å². The molecule has 2 fully saturated rings. The van der Waals surface area contributed by atoms with Gasteiger partial charge in [0.25, 0.3) is 0 Å². The molecule has 26 heavy (non-hydrogen) atoms. The Morgan fingerprint density at radius 3 is 2.92 bits per heavy atom. The van der Waals surface area contributed by atoms with Gasteiger partial charge in [0.05, 0.1) is 23.1 Å². The highest BCUT2D eigenvalue weighted by Crippen LogP contribution is 2.33. The number of aromatic nitrogens is 2. The molecular formula is C20H26N4O2. The summed E-state index contributed by atoms with van der Waals surface area (Å²) in [5.74, 6) is 0.378. The Balaban J connectivity index is 1.55. The molecule has 2 aromatic heterocycles. The van der Waals surface area contributed by atoms with Crippen LogP contribution < -0.4 is 10.2 Å². The van der Waals surface area contributed by atoms with Gasteiger partial charge in [-0.3, -0.25) is 14.8 Å². The lowest BCUT2D eigenvalue weighted by atomic mass is 9.94. The molecular weight excluding hydrogens is 328 g/mol. The van der Waals surface area contributed by atoms with Gasteiger partial charge in [-0.2, -0.15) is 0 Å². The van der Waals surface area contributed by atoms with Gasteiger partial charge in [0, 0.05) is 30.7 Å². The fourth-order valence-corrected chi connectivity index (χ4v) is 4.01. The van der Waals surface area contributed by atoms with Crippen LogP contribution in [0.25, 0.3) is 10.9 Å². The van der Waals surface area contributed by atoms with E-state index in [1.165, 1.54) is 0 Å². The van der Waals surface area contributed by atoms with Gasteiger partial charge < -0.3 is 15.3 Å². The van der Waals surface area contributed by atoms with Crippen LogP contribution in [0.4, 0.5) is 5.69 Å². The third kappa shape index (κ3) is 3.38. The molecule has 1 saturated carbocycles. The van der Waals surface area contributed by atoms with Crippen LogP contribution >= 0.6 is 0 Å². The number of aliphatic hydroxyl groups excluding tert-OH is 1. The number of piperidine rings is 1. The van der Waals surface area contributed by atoms with Crippen LogP contribution in [0.2, 0.25) is 0 Å². The molecule has 1 unspecified atom stereocenters. The zero-order valence-corrected chi connectivity index (χ0v) is 15.4. The zero-order valence-electron chi connectivity index (χ0n) is 15.4. The number of aliphatic hydroxyl groups is 1. The molecule has 6 heteroatoms. The maximum atomic E-state index is 12.3. The largest absolute Gasteiger partial charge is 0.383 e. The van der Waals surface area contributed by atoms with Gasteiger partial charge >= 0.3 is 0 Å². The first kappa shape index (κ1) is 17.2. The Morgan fingerprint density at radius 1 is 1.35 bits per heavy atom. The standard InChI is InChI=1S/C20H26N4O2/c1-12-8-15(23-20(26)19(25)14-5-6-14)11-24(10-12)17-9-22-13(2)18-16(17)4-3-7-21-18/h3-4,7,9,12,14-15,19,25H,5-6,8,10-11H2,1-2H3,(H,23,26)/t12-,15+,19?/m0/s1. The smallest absolute Gasteiger partial charge is 0.249 e. The highest BCUT2D eigenvalue weighted by Gasteiger charge is 2.36. The molecule has 138 valence electrons. The first-order valence-electron chi connectivity index (χ1n) is 9.46. The lowest BCUT2D eigenvalue weighted by molar-refractivity contribution is -0.131. The van der Waals surface area contributed by atoms with Gasteiger partial charge in [0.1, 0.15) is 6.10 Å². The number of pyridine rings is 2. The van der Waals surface area contributed by atoms with Crippen LogP contribution in [0.5, 0.6) is 0 Å². The monoisotopic (exact) mass is 354 g/mol. The molecule has 3 heterocycles. The Hall–Kier alpha value is -2.21. The molecule has 1 aliphatic carbocycles. The lowest BCUT2D eigenvalue weighted by Gasteiger charge is -2.38. The molecule has 2 aromatic rings. The summed E-state index contributed by atoms with van der Waals surface area (Å²) in [7, 11) is 0. The van der Waals surface area contributed by atoms with E-state index in [4.69, 9.17) is 0 Å². The predicted octanol–water partition coefficient (Wildman–Crippen LogP) is 2.04. The maximum Gasteiger partial charge on any atom is 0.249 e. The molecule has 3 atom stereocenters. The molecule has 2 N–H and O–H groups in total. The average Bonchev–Trinajstić information content (AvgIpc) is 3.46. The van der Waals surface area contributed by atoms with Crippen molar-refractivity contribution in [1.82, 2.24) is 15.3 Å². The molecule has 0 aromatic carbocycles. The van der Waals surface area contributed by atoms with Crippen molar-refractivity contribution in [2.24, 2.45) is 11.8 Å². The van der Waals surface area contributed by atoms with Crippen molar-refractivity contribution >= 4 is 22.5 Å². The quantitative estimate of drug-likeness (QED) is 0.878. The van der Waals surface area contributed by atoms with Gasteiger partial charge in [0.2, 0.25) is 5.91 Å². The number of nitrogens with zero attached hydrogens (tertiary/aromatic N) is 3. The maximum absolute atomic E-state index is 12.3. The van der Waals surface area contributed by atoms with Crippen molar-refractivity contribution in [1.29, 1.82) is 0 Å². The molecule has 6 nitrogen and oxygen atoms in total. The van der Waals surface area contributed by atoms with E-state index in [-0.39, 0.29) is 17.9 Å². The van der Waals surface area contributed by atoms with Crippen LogP contribution in [0.1, 0.15) is 31.9 Å². The number of amides is 1. The number of carbonyl (C=O) groups excluding carboxylic acids is 1. The van der Waals surface area contributed by atoms with Crippen LogP contribution in [-0.2, 0) is 4.79 Å². The second-order valence-electron chi connectivity index (χ2n) is 7.86. The van der Waals surface area contributed by atoms with Crippen LogP contribution in [0.15, 0.2) is 24.5 Å². The van der Waals surface area contributed by atoms with Crippen LogP contribution in [0, 0.1) is 18.8 Å². The highest BCUT2D eigenvalue weighted by molar-refractivity contribution is 5.92. The number of aryl methyl sites for hydroxylation is 1. The third-order valence-electron chi connectivity index (χ3n) is 5.49. The summed E-state index contributed by atoms with van der Waals surface area (Å²) in [6.45, 7) is 5.82. The van der Waals surface area contributed by atoms with E-state index < -0.39 is 6.10 Å². The molecule has 1 amide bonds. The normalized spacial score (nSPS) is 24.5. The van der Waals surface area contributed by atoms with Gasteiger partial charge in [0.15, 0.2) is 0 Å². The molecule has 0 spiro atoms. The van der Waals surface area contributed by atoms with E-state index in [0.29, 0.717) is 5.92 Å². The van der Waals surface area contributed by atoms with Crippen LogP contribution in [-0.4, -0.2) is 46.2 Å². The predicted molar refractivity (Wildman–Crippen MR) is 101 cm³/mol. The molecule has 4 rings (SSSR count). The summed E-state index contributed by atoms with van der Waals surface area (Å²) in [5.41, 5.74) is 2.91. The second-order valence-corrected chi connectivity index (χ2v) is 7.86. The Labute approximate surface area is 153 Å². The molecule has 0 bridgehead atoms. The summed E-state index contributed by atoms with van der Waals surface area (Å²) in [5, 5.41) is 14.2. The highest BCUT2D eigenvalue weighted by atomic mass is 16.3. The zero-order chi connectivity index (χ0) is 18.3. The van der Waals surface area contributed by atoms with Crippen molar-refractivity contribution in [2.45, 2.75) is 45.3 Å². The number of fused-ring (bicyclic) bond motifs is 1. The Kier molecular flexibility index (Phi) is 4.53. The third-order valence-corrected chi connectivity index (χ3v) is 5.49. The first-order chi connectivity index (χ1) is 12.5. The fraction of sp³-hybridized carbons (Fsp3) is 0.550. The summed E-state index contributed by atoms with van der Waals surface area (Å²) in [6, 6.07) is 4.06. The summed E-state index contributed by atoms with van der Waals surface area (Å²) in [6.07, 6.45) is 5.68. The van der Waals surface area contributed by atoms with E-state index in [9.17, 15) is 9.90 Å². The van der Waals surface area contributed by atoms with Gasteiger partial charge in [-0.05, 0) is 50.2 Å². The number of carbonyl (C=O) groups is 1. The number of hydrogen-bond acceptors (Lipinski definition) is 5. The fourth-order valence-electron chi connectivity index (χ4n) is 4.01. The number of anilines is 1. The van der Waals surface area contributed by atoms with E-state index >= 15 is 0 Å². The molecule has 2 aliphatic rings. The topological polar surface area (TPSA) is 78.4 Å². The van der Waals surface area contributed by atoms with E-state index in [0.717, 1.165) is 54.6 Å². The minimum Gasteiger partial charge on any atom is -0.383 e. The van der Waals surface area contributed by atoms with Crippen molar-refractivity contribution in [3.05, 3.63) is 30.2 Å². The summed E-state index contributed by atoms with van der Waals surface area (Å²) >= 11 is 0. The average molecular weight is 354 g/mol. The van der Waals surface area contributed by atoms with Crippen molar-refractivity contribution in [2.75, 3.05) is 18.0 Å². The lowest BCUT2D eigenvalue weighted by Crippen LogP contribution is -2.52. The molecule has 1 saturated heterocycles.